The van der Waals surface area contributed by atoms with Gasteiger partial charge in [0, 0.05) is 17.5 Å². The molecule has 3 aromatic rings. The molecule has 1 aromatic heterocycles. The molecule has 0 aliphatic rings. The summed E-state index contributed by atoms with van der Waals surface area (Å²) in [6.07, 6.45) is 0.646. The number of ether oxygens (including phenoxy) is 2. The third-order valence-corrected chi connectivity index (χ3v) is 4.45. The predicted octanol–water partition coefficient (Wildman–Crippen LogP) is 2.97. The number of hydrogen-bond acceptors (Lipinski definition) is 4. The second-order valence-corrected chi connectivity index (χ2v) is 6.59. The van der Waals surface area contributed by atoms with Crippen LogP contribution in [0.2, 0.25) is 0 Å². The summed E-state index contributed by atoms with van der Waals surface area (Å²) in [4.78, 5) is 27.1. The summed E-state index contributed by atoms with van der Waals surface area (Å²) in [7, 11) is 1.61. The topological polar surface area (TPSA) is 80.4 Å². The molecular weight excluding hydrogens is 356 g/mol. The van der Waals surface area contributed by atoms with Gasteiger partial charge in [-0.25, -0.2) is 0 Å². The minimum Gasteiger partial charge on any atom is -0.497 e. The van der Waals surface area contributed by atoms with Crippen molar-refractivity contribution in [3.63, 3.8) is 0 Å². The molecule has 0 saturated heterocycles. The molecule has 2 N–H and O–H groups in total. The van der Waals surface area contributed by atoms with Crippen molar-refractivity contribution in [3.8, 4) is 11.5 Å². The molecule has 1 amide bonds. The van der Waals surface area contributed by atoms with E-state index in [1.165, 1.54) is 0 Å². The van der Waals surface area contributed by atoms with E-state index in [1.54, 1.807) is 7.11 Å². The highest BCUT2D eigenvalue weighted by molar-refractivity contribution is 5.80. The summed E-state index contributed by atoms with van der Waals surface area (Å²) in [5, 5.41) is 3.78. The first kappa shape index (κ1) is 19.5. The van der Waals surface area contributed by atoms with E-state index in [-0.39, 0.29) is 17.9 Å². The van der Waals surface area contributed by atoms with Crippen molar-refractivity contribution in [2.45, 2.75) is 19.8 Å². The maximum absolute atomic E-state index is 12.2. The Morgan fingerprint density at radius 1 is 1.07 bits per heavy atom. The van der Waals surface area contributed by atoms with E-state index in [2.05, 4.69) is 10.3 Å². The summed E-state index contributed by atoms with van der Waals surface area (Å²) >= 11 is 0. The Morgan fingerprint density at radius 3 is 2.57 bits per heavy atom. The lowest BCUT2D eigenvalue weighted by Gasteiger charge is -2.08. The zero-order valence-corrected chi connectivity index (χ0v) is 16.1. The Hall–Kier alpha value is -3.28. The fourth-order valence-corrected chi connectivity index (χ4v) is 2.91. The number of carbonyl (C=O) groups is 1. The second kappa shape index (κ2) is 9.08. The quantitative estimate of drug-likeness (QED) is 0.589. The van der Waals surface area contributed by atoms with E-state index in [9.17, 15) is 9.59 Å². The third-order valence-electron chi connectivity index (χ3n) is 4.45. The number of nitrogens with one attached hydrogen (secondary N) is 2. The van der Waals surface area contributed by atoms with Crippen LogP contribution in [0.25, 0.3) is 10.9 Å². The van der Waals surface area contributed by atoms with Crippen molar-refractivity contribution in [1.82, 2.24) is 10.3 Å². The molecule has 0 atom stereocenters. The van der Waals surface area contributed by atoms with Crippen LogP contribution in [-0.4, -0.2) is 31.2 Å². The minimum absolute atomic E-state index is 0.110. The summed E-state index contributed by atoms with van der Waals surface area (Å²) < 4.78 is 10.7. The normalized spacial score (nSPS) is 10.6. The van der Waals surface area contributed by atoms with Gasteiger partial charge in [-0.3, -0.25) is 9.59 Å². The summed E-state index contributed by atoms with van der Waals surface area (Å²) in [5.74, 6) is 1.37. The van der Waals surface area contributed by atoms with Gasteiger partial charge in [-0.1, -0.05) is 12.1 Å². The molecule has 0 aliphatic heterocycles. The van der Waals surface area contributed by atoms with Crippen molar-refractivity contribution in [3.05, 3.63) is 70.0 Å². The standard InChI is InChI=1S/C22H24N2O4/c1-15-3-4-16-14-17(22(26)24-20(16)13-15)5-10-21(25)23-11-12-28-19-8-6-18(27-2)7-9-19/h3-4,6-9,13-14H,5,10-12H2,1-2H3,(H,23,25)(H,24,26). The molecule has 0 saturated carbocycles. The van der Waals surface area contributed by atoms with Crippen LogP contribution in [0.5, 0.6) is 11.5 Å². The number of benzene rings is 2. The highest BCUT2D eigenvalue weighted by atomic mass is 16.5. The Balaban J connectivity index is 1.45. The van der Waals surface area contributed by atoms with Crippen LogP contribution in [0.15, 0.2) is 53.3 Å². The largest absolute Gasteiger partial charge is 0.497 e. The molecule has 0 spiro atoms. The molecule has 0 bridgehead atoms. The first-order valence-electron chi connectivity index (χ1n) is 9.21. The molecule has 1 heterocycles. The first-order chi connectivity index (χ1) is 13.5. The number of methoxy groups -OCH3 is 1. The molecule has 0 aliphatic carbocycles. The van der Waals surface area contributed by atoms with E-state index in [1.807, 2.05) is 55.5 Å². The molecule has 0 fully saturated rings. The molecule has 2 aromatic carbocycles. The van der Waals surface area contributed by atoms with Crippen molar-refractivity contribution in [1.29, 1.82) is 0 Å². The second-order valence-electron chi connectivity index (χ2n) is 6.59. The number of aromatic amines is 1. The first-order valence-corrected chi connectivity index (χ1v) is 9.21. The van der Waals surface area contributed by atoms with Crippen LogP contribution in [0.3, 0.4) is 0 Å². The van der Waals surface area contributed by atoms with Crippen LogP contribution in [0.1, 0.15) is 17.5 Å². The van der Waals surface area contributed by atoms with Crippen LogP contribution in [-0.2, 0) is 11.2 Å². The number of fused-ring (bicyclic) bond motifs is 1. The predicted molar refractivity (Wildman–Crippen MR) is 109 cm³/mol. The lowest BCUT2D eigenvalue weighted by Crippen LogP contribution is -2.28. The van der Waals surface area contributed by atoms with Crippen LogP contribution >= 0.6 is 0 Å². The van der Waals surface area contributed by atoms with Gasteiger partial charge in [-0.15, -0.1) is 0 Å². The molecule has 6 nitrogen and oxygen atoms in total. The van der Waals surface area contributed by atoms with Gasteiger partial charge >= 0.3 is 0 Å². The average molecular weight is 380 g/mol. The summed E-state index contributed by atoms with van der Waals surface area (Å²) in [6, 6.07) is 15.0. The highest BCUT2D eigenvalue weighted by Gasteiger charge is 2.07. The molecule has 146 valence electrons. The lowest BCUT2D eigenvalue weighted by molar-refractivity contribution is -0.121. The monoisotopic (exact) mass is 380 g/mol. The van der Waals surface area contributed by atoms with Gasteiger partial charge in [0.25, 0.3) is 5.56 Å². The Kier molecular flexibility index (Phi) is 6.32. The van der Waals surface area contributed by atoms with E-state index in [0.29, 0.717) is 30.9 Å². The number of pyridine rings is 1. The fraction of sp³-hybridized carbons (Fsp3) is 0.273. The van der Waals surface area contributed by atoms with Gasteiger partial charge in [-0.05, 0) is 60.7 Å². The number of aryl methyl sites for hydroxylation is 2. The average Bonchev–Trinajstić information content (AvgIpc) is 2.70. The lowest BCUT2D eigenvalue weighted by atomic mass is 10.1. The Morgan fingerprint density at radius 2 is 1.82 bits per heavy atom. The number of hydrogen-bond donors (Lipinski definition) is 2. The molecule has 6 heteroatoms. The highest BCUT2D eigenvalue weighted by Crippen LogP contribution is 2.16. The van der Waals surface area contributed by atoms with Gasteiger partial charge in [0.2, 0.25) is 5.91 Å². The molecule has 0 unspecified atom stereocenters. The summed E-state index contributed by atoms with van der Waals surface area (Å²) in [6.45, 7) is 2.75. The maximum atomic E-state index is 12.2. The molecule has 0 radical (unpaired) electrons. The number of carbonyl (C=O) groups excluding carboxylic acids is 1. The van der Waals surface area contributed by atoms with Crippen molar-refractivity contribution in [2.24, 2.45) is 0 Å². The van der Waals surface area contributed by atoms with E-state index in [4.69, 9.17) is 9.47 Å². The van der Waals surface area contributed by atoms with Gasteiger partial charge in [0.05, 0.1) is 13.7 Å². The number of H-pyrrole nitrogens is 1. The van der Waals surface area contributed by atoms with Gasteiger partial charge in [0.15, 0.2) is 0 Å². The summed E-state index contributed by atoms with van der Waals surface area (Å²) in [5.41, 5.74) is 2.37. The van der Waals surface area contributed by atoms with E-state index in [0.717, 1.165) is 22.2 Å². The van der Waals surface area contributed by atoms with Crippen LogP contribution in [0.4, 0.5) is 0 Å². The number of amides is 1. The molecule has 3 rings (SSSR count). The number of aromatic nitrogens is 1. The molecule has 28 heavy (non-hydrogen) atoms. The van der Waals surface area contributed by atoms with Gasteiger partial charge in [0.1, 0.15) is 18.1 Å². The maximum Gasteiger partial charge on any atom is 0.251 e. The fourth-order valence-electron chi connectivity index (χ4n) is 2.91. The van der Waals surface area contributed by atoms with Crippen molar-refractivity contribution >= 4 is 16.8 Å². The van der Waals surface area contributed by atoms with Crippen molar-refractivity contribution < 1.29 is 14.3 Å². The molecular formula is C22H24N2O4. The van der Waals surface area contributed by atoms with E-state index < -0.39 is 0 Å². The van der Waals surface area contributed by atoms with Crippen LogP contribution < -0.4 is 20.3 Å². The zero-order valence-electron chi connectivity index (χ0n) is 16.1. The van der Waals surface area contributed by atoms with Crippen molar-refractivity contribution in [2.75, 3.05) is 20.3 Å². The Bertz CT molecular complexity index is 1010. The number of rotatable bonds is 8. The Labute approximate surface area is 163 Å². The van der Waals surface area contributed by atoms with Gasteiger partial charge < -0.3 is 19.8 Å². The van der Waals surface area contributed by atoms with Gasteiger partial charge in [-0.2, -0.15) is 0 Å². The van der Waals surface area contributed by atoms with Crippen LogP contribution in [0, 0.1) is 6.92 Å². The smallest absolute Gasteiger partial charge is 0.251 e. The van der Waals surface area contributed by atoms with E-state index >= 15 is 0 Å². The minimum atomic E-state index is -0.145. The zero-order chi connectivity index (χ0) is 19.9. The third kappa shape index (κ3) is 5.13. The SMILES string of the molecule is COc1ccc(OCCNC(=O)CCc2cc3ccc(C)cc3[nH]c2=O)cc1.